The molecule has 0 aliphatic carbocycles. The van der Waals surface area contributed by atoms with Gasteiger partial charge in [-0.25, -0.2) is 4.79 Å². The summed E-state index contributed by atoms with van der Waals surface area (Å²) >= 11 is 0. The van der Waals surface area contributed by atoms with E-state index < -0.39 is 144 Å². The van der Waals surface area contributed by atoms with Crippen LogP contribution in [0.5, 0.6) is 5.75 Å². The van der Waals surface area contributed by atoms with Crippen LogP contribution in [0.3, 0.4) is 0 Å². The summed E-state index contributed by atoms with van der Waals surface area (Å²) in [5, 5.41) is 46.2. The second-order valence-electron chi connectivity index (χ2n) is 26.0. The molecular weight excluding hydrogens is 1360 g/mol. The molecule has 39 heteroatoms. The van der Waals surface area contributed by atoms with Crippen molar-refractivity contribution in [2.75, 3.05) is 39.3 Å². The molecule has 2 aromatic carbocycles. The molecule has 0 aliphatic heterocycles. The third-order valence-corrected chi connectivity index (χ3v) is 15.8. The first-order valence-electron chi connectivity index (χ1n) is 34.5. The maximum Gasteiger partial charge on any atom is 0.326 e. The van der Waals surface area contributed by atoms with Gasteiger partial charge in [0, 0.05) is 45.6 Å². The van der Waals surface area contributed by atoms with E-state index in [1.165, 1.54) is 24.3 Å². The van der Waals surface area contributed by atoms with Gasteiger partial charge in [0.05, 0.1) is 12.6 Å². The second-order valence-corrected chi connectivity index (χ2v) is 26.0. The lowest BCUT2D eigenvalue weighted by molar-refractivity contribution is -0.142. The van der Waals surface area contributed by atoms with E-state index >= 15 is 0 Å². The Hall–Kier alpha value is -11.3. The van der Waals surface area contributed by atoms with E-state index in [-0.39, 0.29) is 151 Å². The zero-order valence-corrected chi connectivity index (χ0v) is 60.6. The number of nitrogens with zero attached hydrogens (tertiary/aromatic N) is 5. The van der Waals surface area contributed by atoms with Gasteiger partial charge in [0.15, 0.2) is 29.8 Å². The zero-order valence-electron chi connectivity index (χ0n) is 60.6. The van der Waals surface area contributed by atoms with Crippen LogP contribution in [0.15, 0.2) is 79.6 Å². The second kappa shape index (κ2) is 47.8. The predicted molar refractivity (Wildman–Crippen MR) is 397 cm³/mol. The highest BCUT2D eigenvalue weighted by molar-refractivity contribution is 5.99. The minimum atomic E-state index is -1.53. The molecule has 2 rings (SSSR count). The van der Waals surface area contributed by atoms with Gasteiger partial charge < -0.3 is 126 Å². The molecule has 0 unspecified atom stereocenters. The molecule has 0 aliphatic rings. The first kappa shape index (κ1) is 89.8. The quantitative estimate of drug-likeness (QED) is 0.0166. The van der Waals surface area contributed by atoms with Crippen molar-refractivity contribution in [2.24, 2.45) is 106 Å². The first-order valence-corrected chi connectivity index (χ1v) is 34.5. The summed E-state index contributed by atoms with van der Waals surface area (Å²) in [6.07, 6.45) is -0.0396. The summed E-state index contributed by atoms with van der Waals surface area (Å²) in [6, 6.07) is 0.398. The molecule has 0 spiro atoms. The smallest absolute Gasteiger partial charge is 0.326 e. The van der Waals surface area contributed by atoms with E-state index in [1.54, 1.807) is 58.0 Å². The molecule has 584 valence electrons. The Bertz CT molecular complexity index is 3300. The third-order valence-electron chi connectivity index (χ3n) is 15.8. The van der Waals surface area contributed by atoms with Gasteiger partial charge in [-0.1, -0.05) is 84.0 Å². The summed E-state index contributed by atoms with van der Waals surface area (Å²) in [4.78, 5) is 174. The third kappa shape index (κ3) is 37.5. The number of nitrogens with two attached hydrogens (primary N) is 11. The Morgan fingerprint density at radius 1 is 0.371 bits per heavy atom. The Labute approximate surface area is 610 Å². The normalized spacial score (nSPS) is 13.8. The van der Waals surface area contributed by atoms with Gasteiger partial charge in [-0.05, 0) is 112 Å². The van der Waals surface area contributed by atoms with Crippen molar-refractivity contribution in [3.05, 3.63) is 65.7 Å². The maximum atomic E-state index is 14.9. The Morgan fingerprint density at radius 2 is 0.695 bits per heavy atom. The van der Waals surface area contributed by atoms with Crippen LogP contribution in [0.25, 0.3) is 0 Å². The predicted octanol–water partition coefficient (Wildman–Crippen LogP) is -6.31. The van der Waals surface area contributed by atoms with Crippen LogP contribution >= 0.6 is 0 Å². The monoisotopic (exact) mass is 1480 g/mol. The number of benzene rings is 2. The summed E-state index contributed by atoms with van der Waals surface area (Å²) in [5.41, 5.74) is 62.5. The molecule has 0 bridgehead atoms. The van der Waals surface area contributed by atoms with Crippen molar-refractivity contribution in [1.29, 1.82) is 0 Å². The molecule has 2 aromatic rings. The minimum absolute atomic E-state index is 0.0358. The lowest BCUT2D eigenvalue weighted by Gasteiger charge is -2.29. The Kier molecular flexibility index (Phi) is 40.9. The van der Waals surface area contributed by atoms with E-state index in [0.29, 0.717) is 17.5 Å². The topological polar surface area (TPSA) is 697 Å². The van der Waals surface area contributed by atoms with E-state index in [4.69, 9.17) is 63.1 Å². The molecule has 0 aromatic heterocycles. The molecule has 39 nitrogen and oxygen atoms in total. The Balaban J connectivity index is 2.66. The number of phenols is 1. The fraction of sp³-hybridized carbons (Fsp3) is 0.576. The molecule has 0 radical (unpaired) electrons. The van der Waals surface area contributed by atoms with E-state index in [0.717, 1.165) is 0 Å². The number of aliphatic imine (C=N–C) groups is 5. The van der Waals surface area contributed by atoms with Gasteiger partial charge in [-0.2, -0.15) is 0 Å². The molecule has 105 heavy (non-hydrogen) atoms. The molecule has 10 atom stereocenters. The maximum absolute atomic E-state index is 14.9. The van der Waals surface area contributed by atoms with Crippen LogP contribution in [0, 0.1) is 17.8 Å². The van der Waals surface area contributed by atoms with Crippen LogP contribution in [0.4, 0.5) is 0 Å². The van der Waals surface area contributed by atoms with Gasteiger partial charge in [-0.15, -0.1) is 0 Å². The fourth-order valence-corrected chi connectivity index (χ4v) is 10.3. The molecule has 34 N–H and O–H groups in total. The van der Waals surface area contributed by atoms with Crippen molar-refractivity contribution in [3.63, 3.8) is 0 Å². The van der Waals surface area contributed by atoms with Gasteiger partial charge in [0.25, 0.3) is 0 Å². The van der Waals surface area contributed by atoms with Crippen molar-refractivity contribution in [2.45, 2.75) is 185 Å². The SMILES string of the molecule is CC(C)C[C@H](NC(=O)[C@@H](N)CCCN=C(N)N)C(=O)N[C@@H](Cc1ccc(O)cc1)C(=O)N[C@@H](CCCN=C(N)N)C(=O)N[C@@H](CCCN=C(N)N)C(=O)N[C@@H](CCCN=C(N)N)C(=O)N[C@@H](Cc1ccccc1)C(=O)N[C@H](C(=O)N[C@H](C(=O)NCC(=O)N[C@@H](CCCN=C(N)N)C(=O)O)C(C)C)C(C)C. The molecule has 0 saturated carbocycles. The molecular formula is C66H112N26O13. The van der Waals surface area contributed by atoms with Gasteiger partial charge in [-0.3, -0.25) is 72.9 Å². The largest absolute Gasteiger partial charge is 0.508 e. The average molecular weight is 1480 g/mol. The molecule has 0 fully saturated rings. The van der Waals surface area contributed by atoms with Gasteiger partial charge in [0.2, 0.25) is 59.1 Å². The summed E-state index contributed by atoms with van der Waals surface area (Å²) in [7, 11) is 0. The van der Waals surface area contributed by atoms with Crippen LogP contribution in [-0.2, 0) is 65.6 Å². The van der Waals surface area contributed by atoms with Crippen LogP contribution in [0.1, 0.15) is 123 Å². The van der Waals surface area contributed by atoms with Gasteiger partial charge >= 0.3 is 5.97 Å². The Morgan fingerprint density at radius 3 is 1.08 bits per heavy atom. The number of carbonyl (C=O) groups excluding carboxylic acids is 10. The number of guanidine groups is 5. The number of phenolic OH excluding ortho intramolecular Hbond substituents is 1. The summed E-state index contributed by atoms with van der Waals surface area (Å²) in [6.45, 7) is 9.57. The van der Waals surface area contributed by atoms with Crippen LogP contribution in [-0.4, -0.2) is 205 Å². The number of carbonyl (C=O) groups is 11. The lowest BCUT2D eigenvalue weighted by Crippen LogP contribution is -2.61. The number of carboxylic acids is 1. The number of hydrogen-bond acceptors (Lipinski definition) is 18. The van der Waals surface area contributed by atoms with Crippen molar-refractivity contribution in [1.82, 2.24) is 53.2 Å². The molecule has 0 heterocycles. The number of hydrogen-bond donors (Lipinski definition) is 23. The highest BCUT2D eigenvalue weighted by Gasteiger charge is 2.37. The first-order chi connectivity index (χ1) is 49.5. The van der Waals surface area contributed by atoms with Crippen molar-refractivity contribution in [3.8, 4) is 5.75 Å². The number of nitrogens with one attached hydrogen (secondary N) is 10. The van der Waals surface area contributed by atoms with Crippen LogP contribution in [0.2, 0.25) is 0 Å². The number of carboxylic acid groups (broad SMARTS) is 1. The number of aliphatic carboxylic acids is 1. The number of rotatable bonds is 49. The molecule has 10 amide bonds. The highest BCUT2D eigenvalue weighted by atomic mass is 16.4. The molecule has 0 saturated heterocycles. The average Bonchev–Trinajstić information content (AvgIpc) is 0.850. The van der Waals surface area contributed by atoms with Crippen molar-refractivity contribution >= 4 is 94.8 Å². The lowest BCUT2D eigenvalue weighted by atomic mass is 9.98. The fourth-order valence-electron chi connectivity index (χ4n) is 10.3. The zero-order chi connectivity index (χ0) is 78.9. The number of amides is 10. The van der Waals surface area contributed by atoms with Crippen LogP contribution < -0.4 is 116 Å². The minimum Gasteiger partial charge on any atom is -0.508 e. The van der Waals surface area contributed by atoms with Crippen molar-refractivity contribution < 1.29 is 63.0 Å². The summed E-state index contributed by atoms with van der Waals surface area (Å²) < 4.78 is 0. The number of aromatic hydroxyl groups is 1. The van der Waals surface area contributed by atoms with E-state index in [1.807, 2.05) is 13.8 Å². The standard InChI is InChI=1S/C66H112N26O13/c1-35(2)31-46(88-52(95)41(67)17-10-26-78-62(68)69)56(99)90-47(33-39-22-24-40(93)25-23-39)57(100)87-43(19-12-28-80-64(72)73)54(97)85-42(18-11-27-79-63(70)71)53(96)86-44(20-13-29-81-65(74)75)55(98)89-48(32-38-15-8-7-9-16-38)58(101)91-51(37(5)6)60(103)92-50(36(3)4)59(102)83-34-49(94)84-45(61(104)105)21-14-30-82-66(76)77/h7-9,15-16,22-25,35-37,41-48,50-51,93H,10-14,17-21,26-34,67H2,1-6H3,(H,83,102)(H,84,94)(H,85,97)(H,86,96)(H,87,100)(H,88,95)(H,89,98)(H,90,99)(H,91,101)(H,92,103)(H,104,105)(H4,68,69,78)(H4,70,71,79)(H4,72,73,80)(H4,74,75,81)(H4,76,77,82)/t41-,42-,43-,44-,45-,46-,47-,48-,50-,51-/m0/s1. The van der Waals surface area contributed by atoms with E-state index in [2.05, 4.69) is 78.1 Å². The van der Waals surface area contributed by atoms with Gasteiger partial charge in [0.1, 0.15) is 60.1 Å². The van der Waals surface area contributed by atoms with E-state index in [9.17, 15) is 63.0 Å². The summed E-state index contributed by atoms with van der Waals surface area (Å²) in [5.74, 6) is -12.6. The highest BCUT2D eigenvalue weighted by Crippen LogP contribution is 2.16.